The first-order valence-corrected chi connectivity index (χ1v) is 25.0. The van der Waals surface area contributed by atoms with E-state index in [1.807, 2.05) is 48.5 Å². The van der Waals surface area contributed by atoms with E-state index in [1.165, 1.54) is 11.8 Å². The van der Waals surface area contributed by atoms with Crippen LogP contribution in [0.25, 0.3) is 0 Å². The van der Waals surface area contributed by atoms with Crippen LogP contribution in [0.5, 0.6) is 0 Å². The van der Waals surface area contributed by atoms with Crippen molar-refractivity contribution in [3.05, 3.63) is 0 Å². The van der Waals surface area contributed by atoms with Gasteiger partial charge in [0.25, 0.3) is 0 Å². The second-order valence-corrected chi connectivity index (χ2v) is 20.7. The average Bonchev–Trinajstić information content (AvgIpc) is 3.76. The first kappa shape index (κ1) is 62.5. The third kappa shape index (κ3) is 21.2. The number of aliphatic imine (C=N–C) groups is 1. The SMILES string of the molecule is CC[C@H](C)[C@H](NC(=O)[C@H](CC(C)C)NC(=O)[C@H](CCCN=C(N)N)NC(=O)[C@@H](NC(=O)[C@@H]1CCCN1C(=O)[C@H](C)NC(=O)[C@@H](N)C(C)C)C(C)C)C(=O)N[C@@H](CC(C)C)C(=O)N[C@@H](CC(C)C)C(=O)O. The predicted octanol–water partition coefficient (Wildman–Crippen LogP) is 0.353. The number of likely N-dealkylation sites (tertiary alicyclic amines) is 1. The number of nitrogens with two attached hydrogens (primary N) is 3. The van der Waals surface area contributed by atoms with Crippen molar-refractivity contribution in [3.8, 4) is 0 Å². The van der Waals surface area contributed by atoms with Gasteiger partial charge in [-0.15, -0.1) is 0 Å². The average molecular weight is 993 g/mol. The number of carbonyl (C=O) groups is 9. The monoisotopic (exact) mass is 993 g/mol. The quantitative estimate of drug-likeness (QED) is 0.0263. The fourth-order valence-electron chi connectivity index (χ4n) is 7.90. The number of hydrogen-bond acceptors (Lipinski definition) is 11. The van der Waals surface area contributed by atoms with E-state index < -0.39 is 119 Å². The van der Waals surface area contributed by atoms with Crippen LogP contribution in [-0.4, -0.2) is 137 Å². The molecule has 1 aliphatic rings. The molecule has 0 aromatic carbocycles. The molecule has 0 radical (unpaired) electrons. The molecule has 1 rings (SSSR count). The fraction of sp³-hybridized carbons (Fsp3) is 0.792. The normalized spacial score (nSPS) is 17.6. The minimum absolute atomic E-state index is 0.00915. The molecule has 0 bridgehead atoms. The Balaban J connectivity index is 3.43. The number of carboxylic acid groups (broad SMARTS) is 1. The molecule has 10 atom stereocenters. The number of nitrogens with zero attached hydrogens (tertiary/aromatic N) is 2. The number of rotatable bonds is 30. The van der Waals surface area contributed by atoms with Gasteiger partial charge in [0.1, 0.15) is 48.3 Å². The number of guanidine groups is 1. The third-order valence-corrected chi connectivity index (χ3v) is 12.2. The van der Waals surface area contributed by atoms with Crippen molar-refractivity contribution in [1.29, 1.82) is 0 Å². The van der Waals surface area contributed by atoms with Crippen molar-refractivity contribution in [2.24, 2.45) is 57.7 Å². The summed E-state index contributed by atoms with van der Waals surface area (Å²) < 4.78 is 0. The summed E-state index contributed by atoms with van der Waals surface area (Å²) in [4.78, 5) is 128. The van der Waals surface area contributed by atoms with Crippen LogP contribution < -0.4 is 54.4 Å². The number of carbonyl (C=O) groups excluding carboxylic acids is 8. The molecule has 22 nitrogen and oxygen atoms in total. The summed E-state index contributed by atoms with van der Waals surface area (Å²) in [5, 5.41) is 28.8. The zero-order valence-electron chi connectivity index (χ0n) is 44.0. The smallest absolute Gasteiger partial charge is 0.326 e. The number of amides is 8. The van der Waals surface area contributed by atoms with Gasteiger partial charge in [-0.3, -0.25) is 43.3 Å². The first-order valence-electron chi connectivity index (χ1n) is 25.0. The molecular weight excluding hydrogens is 905 g/mol. The minimum Gasteiger partial charge on any atom is -0.480 e. The van der Waals surface area contributed by atoms with Crippen LogP contribution in [0, 0.1) is 35.5 Å². The van der Waals surface area contributed by atoms with Gasteiger partial charge in [0.2, 0.25) is 47.3 Å². The van der Waals surface area contributed by atoms with E-state index in [4.69, 9.17) is 17.2 Å². The van der Waals surface area contributed by atoms with Gasteiger partial charge in [0.05, 0.1) is 6.04 Å². The van der Waals surface area contributed by atoms with Crippen LogP contribution in [0.15, 0.2) is 4.99 Å². The zero-order chi connectivity index (χ0) is 53.7. The maximum Gasteiger partial charge on any atom is 0.326 e. The summed E-state index contributed by atoms with van der Waals surface area (Å²) in [6.07, 6.45) is 1.97. The summed E-state index contributed by atoms with van der Waals surface area (Å²) in [6.45, 7) is 23.5. The van der Waals surface area contributed by atoms with E-state index in [0.717, 1.165) is 0 Å². The van der Waals surface area contributed by atoms with Gasteiger partial charge in [0, 0.05) is 13.1 Å². The molecule has 0 aromatic heterocycles. The molecule has 70 heavy (non-hydrogen) atoms. The van der Waals surface area contributed by atoms with Crippen molar-refractivity contribution in [2.75, 3.05) is 13.1 Å². The fourth-order valence-corrected chi connectivity index (χ4v) is 7.90. The molecule has 0 unspecified atom stereocenters. The highest BCUT2D eigenvalue weighted by Crippen LogP contribution is 2.20. The number of nitrogens with one attached hydrogen (secondary N) is 7. The van der Waals surface area contributed by atoms with Gasteiger partial charge in [-0.25, -0.2) is 4.79 Å². The van der Waals surface area contributed by atoms with Crippen molar-refractivity contribution in [2.45, 2.75) is 196 Å². The molecule has 0 spiro atoms. The Labute approximate surface area is 415 Å². The molecule has 0 aromatic rings. The van der Waals surface area contributed by atoms with E-state index in [0.29, 0.717) is 19.3 Å². The van der Waals surface area contributed by atoms with Gasteiger partial charge < -0.3 is 64.4 Å². The highest BCUT2D eigenvalue weighted by molar-refractivity contribution is 5.98. The second-order valence-electron chi connectivity index (χ2n) is 20.7. The van der Waals surface area contributed by atoms with Crippen LogP contribution >= 0.6 is 0 Å². The highest BCUT2D eigenvalue weighted by Gasteiger charge is 2.40. The largest absolute Gasteiger partial charge is 0.480 e. The van der Waals surface area contributed by atoms with Crippen molar-refractivity contribution >= 4 is 59.2 Å². The van der Waals surface area contributed by atoms with Gasteiger partial charge in [-0.1, -0.05) is 89.5 Å². The Morgan fingerprint density at radius 1 is 0.600 bits per heavy atom. The molecule has 14 N–H and O–H groups in total. The molecular formula is C48H88N12O10. The van der Waals surface area contributed by atoms with Crippen LogP contribution in [0.4, 0.5) is 0 Å². The number of carboxylic acids is 1. The maximum absolute atomic E-state index is 14.3. The molecule has 1 fully saturated rings. The lowest BCUT2D eigenvalue weighted by atomic mass is 9.95. The lowest BCUT2D eigenvalue weighted by molar-refractivity contribution is -0.143. The Hall–Kier alpha value is -5.54. The molecule has 1 saturated heterocycles. The molecule has 0 aliphatic carbocycles. The molecule has 0 saturated carbocycles. The summed E-state index contributed by atoms with van der Waals surface area (Å²) in [6, 6.07) is -9.83. The van der Waals surface area contributed by atoms with E-state index in [1.54, 1.807) is 34.6 Å². The van der Waals surface area contributed by atoms with Crippen LogP contribution in [0.1, 0.15) is 141 Å². The molecule has 1 aliphatic heterocycles. The van der Waals surface area contributed by atoms with Crippen molar-refractivity contribution in [1.82, 2.24) is 42.1 Å². The summed E-state index contributed by atoms with van der Waals surface area (Å²) >= 11 is 0. The van der Waals surface area contributed by atoms with E-state index in [2.05, 4.69) is 42.2 Å². The number of hydrogen-bond donors (Lipinski definition) is 11. The maximum atomic E-state index is 14.3. The molecule has 400 valence electrons. The molecule has 22 heteroatoms. The number of aliphatic carboxylic acids is 1. The Morgan fingerprint density at radius 2 is 1.07 bits per heavy atom. The lowest BCUT2D eigenvalue weighted by Crippen LogP contribution is -2.61. The van der Waals surface area contributed by atoms with E-state index in [9.17, 15) is 48.3 Å². The van der Waals surface area contributed by atoms with Gasteiger partial charge >= 0.3 is 5.97 Å². The summed E-state index contributed by atoms with van der Waals surface area (Å²) in [7, 11) is 0. The second kappa shape index (κ2) is 30.3. The van der Waals surface area contributed by atoms with Gasteiger partial charge in [-0.2, -0.15) is 0 Å². The van der Waals surface area contributed by atoms with E-state index >= 15 is 0 Å². The minimum atomic E-state index is -1.26. The Morgan fingerprint density at radius 3 is 1.56 bits per heavy atom. The van der Waals surface area contributed by atoms with E-state index in [-0.39, 0.29) is 74.8 Å². The summed E-state index contributed by atoms with van der Waals surface area (Å²) in [5.41, 5.74) is 17.0. The standard InChI is InChI=1S/C48H88N12O10/c1-14-29(12)38(45(67)56-32(21-24(2)3)40(62)57-34(47(69)70)23-26(6)7)59-41(63)33(22-25(4)5)55-39(61)31(17-15-19-52-48(50)51)54-44(66)37(28(10)11)58-42(64)35-18-16-20-60(35)46(68)30(13)53-43(65)36(49)27(8)9/h24-38H,14-23,49H2,1-13H3,(H,53,65)(H,54,66)(H,55,61)(H,56,67)(H,57,62)(H,58,64)(H,59,63)(H,69,70)(H4,50,51,52)/t29-,30-,31-,32-,33-,34-,35-,36-,37-,38-/m0/s1. The van der Waals surface area contributed by atoms with Gasteiger partial charge in [0.15, 0.2) is 5.96 Å². The lowest BCUT2D eigenvalue weighted by Gasteiger charge is -2.31. The van der Waals surface area contributed by atoms with Gasteiger partial charge in [-0.05, 0) is 87.4 Å². The molecule has 1 heterocycles. The van der Waals surface area contributed by atoms with Crippen molar-refractivity contribution in [3.63, 3.8) is 0 Å². The summed E-state index contributed by atoms with van der Waals surface area (Å²) in [5.74, 6) is -7.80. The van der Waals surface area contributed by atoms with Crippen LogP contribution in [0.3, 0.4) is 0 Å². The highest BCUT2D eigenvalue weighted by atomic mass is 16.4. The van der Waals surface area contributed by atoms with Crippen LogP contribution in [0.2, 0.25) is 0 Å². The third-order valence-electron chi connectivity index (χ3n) is 12.2. The Bertz CT molecular complexity index is 1800. The van der Waals surface area contributed by atoms with Crippen LogP contribution in [-0.2, 0) is 43.2 Å². The topological polar surface area (TPSA) is 352 Å². The predicted molar refractivity (Wildman–Crippen MR) is 267 cm³/mol. The Kier molecular flexibility index (Phi) is 27.0. The first-order chi connectivity index (χ1) is 32.5. The van der Waals surface area contributed by atoms with Crippen molar-refractivity contribution < 1.29 is 48.3 Å². The molecule has 8 amide bonds. The zero-order valence-corrected chi connectivity index (χ0v) is 44.0.